The lowest BCUT2D eigenvalue weighted by Gasteiger charge is -2.10. The van der Waals surface area contributed by atoms with Crippen molar-refractivity contribution in [2.75, 3.05) is 0 Å². The molecule has 112 valence electrons. The van der Waals surface area contributed by atoms with Gasteiger partial charge in [-0.05, 0) is 26.7 Å². The lowest BCUT2D eigenvalue weighted by atomic mass is 10.1. The van der Waals surface area contributed by atoms with E-state index in [0.29, 0.717) is 5.92 Å². The third-order valence-electron chi connectivity index (χ3n) is 3.10. The lowest BCUT2D eigenvalue weighted by Crippen LogP contribution is -2.31. The molecule has 20 heavy (non-hydrogen) atoms. The Labute approximate surface area is 119 Å². The molecular formula is C14H23N3O3. The molecule has 1 heterocycles. The monoisotopic (exact) mass is 281 g/mol. The van der Waals surface area contributed by atoms with Crippen molar-refractivity contribution in [1.82, 2.24) is 9.78 Å². The normalized spacial score (nSPS) is 12.5. The van der Waals surface area contributed by atoms with Crippen molar-refractivity contribution in [2.24, 2.45) is 11.7 Å². The molecule has 0 bridgehead atoms. The second kappa shape index (κ2) is 6.54. The van der Waals surface area contributed by atoms with Gasteiger partial charge in [0, 0.05) is 17.8 Å². The van der Waals surface area contributed by atoms with E-state index in [1.807, 2.05) is 18.5 Å². The van der Waals surface area contributed by atoms with Crippen LogP contribution < -0.4 is 5.73 Å². The van der Waals surface area contributed by atoms with Gasteiger partial charge in [-0.2, -0.15) is 5.10 Å². The number of aromatic nitrogens is 2. The third kappa shape index (κ3) is 4.08. The number of amides is 1. The van der Waals surface area contributed by atoms with E-state index in [4.69, 9.17) is 10.5 Å². The number of primary amides is 1. The minimum atomic E-state index is -0.908. The van der Waals surface area contributed by atoms with Crippen LogP contribution in [0.4, 0.5) is 0 Å². The highest BCUT2D eigenvalue weighted by atomic mass is 16.5. The number of rotatable bonds is 6. The first-order valence-electron chi connectivity index (χ1n) is 6.74. The van der Waals surface area contributed by atoms with Gasteiger partial charge in [0.15, 0.2) is 6.10 Å². The summed E-state index contributed by atoms with van der Waals surface area (Å²) >= 11 is 0. The Balaban J connectivity index is 2.80. The summed E-state index contributed by atoms with van der Waals surface area (Å²) in [5.41, 5.74) is 7.69. The predicted molar refractivity (Wildman–Crippen MR) is 75.0 cm³/mol. The predicted octanol–water partition coefficient (Wildman–Crippen LogP) is 1.12. The van der Waals surface area contributed by atoms with E-state index in [9.17, 15) is 9.59 Å². The summed E-state index contributed by atoms with van der Waals surface area (Å²) in [5, 5.41) is 4.43. The van der Waals surface area contributed by atoms with Gasteiger partial charge >= 0.3 is 5.97 Å². The molecule has 0 aliphatic heterocycles. The quantitative estimate of drug-likeness (QED) is 0.791. The first-order chi connectivity index (χ1) is 9.22. The topological polar surface area (TPSA) is 87.2 Å². The SMILES string of the molecule is Cc1nn(CC(C)C)c(C)c1CC(=O)O[C@H](C)C(N)=O. The minimum Gasteiger partial charge on any atom is -0.452 e. The average Bonchev–Trinajstić information content (AvgIpc) is 2.56. The van der Waals surface area contributed by atoms with Gasteiger partial charge in [0.05, 0.1) is 12.1 Å². The molecule has 0 saturated heterocycles. The fourth-order valence-corrected chi connectivity index (χ4v) is 1.95. The van der Waals surface area contributed by atoms with E-state index in [1.54, 1.807) is 0 Å². The molecule has 1 aromatic heterocycles. The van der Waals surface area contributed by atoms with Crippen LogP contribution in [0, 0.1) is 19.8 Å². The molecule has 0 unspecified atom stereocenters. The number of hydrogen-bond acceptors (Lipinski definition) is 4. The summed E-state index contributed by atoms with van der Waals surface area (Å²) in [6.45, 7) is 10.3. The lowest BCUT2D eigenvalue weighted by molar-refractivity contribution is -0.153. The number of nitrogens with zero attached hydrogens (tertiary/aromatic N) is 2. The van der Waals surface area contributed by atoms with Crippen molar-refractivity contribution in [3.8, 4) is 0 Å². The van der Waals surface area contributed by atoms with Crippen LogP contribution in [-0.4, -0.2) is 27.8 Å². The maximum atomic E-state index is 11.8. The smallest absolute Gasteiger partial charge is 0.311 e. The summed E-state index contributed by atoms with van der Waals surface area (Å²) in [6.07, 6.45) is -0.804. The summed E-state index contributed by atoms with van der Waals surface area (Å²) in [7, 11) is 0. The van der Waals surface area contributed by atoms with Gasteiger partial charge in [-0.15, -0.1) is 0 Å². The van der Waals surface area contributed by atoms with Crippen LogP contribution in [0.3, 0.4) is 0 Å². The number of carbonyl (C=O) groups is 2. The number of esters is 1. The molecule has 0 aliphatic rings. The van der Waals surface area contributed by atoms with Crippen LogP contribution >= 0.6 is 0 Å². The van der Waals surface area contributed by atoms with Crippen molar-refractivity contribution >= 4 is 11.9 Å². The summed E-state index contributed by atoms with van der Waals surface area (Å²) in [5.74, 6) is -0.642. The fraction of sp³-hybridized carbons (Fsp3) is 0.643. The molecular weight excluding hydrogens is 258 g/mol. The highest BCUT2D eigenvalue weighted by Crippen LogP contribution is 2.16. The van der Waals surface area contributed by atoms with Gasteiger partial charge in [-0.3, -0.25) is 14.3 Å². The van der Waals surface area contributed by atoms with E-state index >= 15 is 0 Å². The zero-order valence-electron chi connectivity index (χ0n) is 12.8. The number of hydrogen-bond donors (Lipinski definition) is 1. The van der Waals surface area contributed by atoms with Crippen LogP contribution in [0.5, 0.6) is 0 Å². The average molecular weight is 281 g/mol. The van der Waals surface area contributed by atoms with E-state index in [0.717, 1.165) is 23.5 Å². The molecule has 2 N–H and O–H groups in total. The zero-order valence-corrected chi connectivity index (χ0v) is 12.8. The van der Waals surface area contributed by atoms with E-state index in [-0.39, 0.29) is 6.42 Å². The second-order valence-corrected chi connectivity index (χ2v) is 5.44. The number of carbonyl (C=O) groups excluding carboxylic acids is 2. The maximum absolute atomic E-state index is 11.8. The van der Waals surface area contributed by atoms with Crippen LogP contribution in [0.1, 0.15) is 37.7 Å². The summed E-state index contributed by atoms with van der Waals surface area (Å²) in [4.78, 5) is 22.7. The Bertz CT molecular complexity index is 506. The number of ether oxygens (including phenoxy) is 1. The van der Waals surface area contributed by atoms with Gasteiger partial charge in [0.25, 0.3) is 5.91 Å². The van der Waals surface area contributed by atoms with Gasteiger partial charge in [-0.1, -0.05) is 13.8 Å². The van der Waals surface area contributed by atoms with E-state index in [1.165, 1.54) is 6.92 Å². The molecule has 0 saturated carbocycles. The van der Waals surface area contributed by atoms with Crippen molar-refractivity contribution in [1.29, 1.82) is 0 Å². The van der Waals surface area contributed by atoms with Crippen molar-refractivity contribution in [3.05, 3.63) is 17.0 Å². The molecule has 0 fully saturated rings. The van der Waals surface area contributed by atoms with Crippen LogP contribution in [0.2, 0.25) is 0 Å². The summed E-state index contributed by atoms with van der Waals surface area (Å²) < 4.78 is 6.87. The molecule has 1 aromatic rings. The number of aryl methyl sites for hydroxylation is 1. The van der Waals surface area contributed by atoms with Gasteiger partial charge < -0.3 is 10.5 Å². The molecule has 6 heteroatoms. The van der Waals surface area contributed by atoms with E-state index < -0.39 is 18.0 Å². The fourth-order valence-electron chi connectivity index (χ4n) is 1.95. The van der Waals surface area contributed by atoms with Gasteiger partial charge in [0.2, 0.25) is 0 Å². The van der Waals surface area contributed by atoms with Gasteiger partial charge in [-0.25, -0.2) is 0 Å². The Morgan fingerprint density at radius 1 is 1.30 bits per heavy atom. The molecule has 0 spiro atoms. The molecule has 1 atom stereocenters. The highest BCUT2D eigenvalue weighted by Gasteiger charge is 2.19. The summed E-state index contributed by atoms with van der Waals surface area (Å²) in [6, 6.07) is 0. The molecule has 1 amide bonds. The third-order valence-corrected chi connectivity index (χ3v) is 3.10. The van der Waals surface area contributed by atoms with Crippen molar-refractivity contribution in [3.63, 3.8) is 0 Å². The first kappa shape index (κ1) is 16.2. The highest BCUT2D eigenvalue weighted by molar-refractivity contribution is 5.82. The largest absolute Gasteiger partial charge is 0.452 e. The first-order valence-corrected chi connectivity index (χ1v) is 6.74. The van der Waals surface area contributed by atoms with Crippen LogP contribution in [-0.2, 0) is 27.3 Å². The Kier molecular flexibility index (Phi) is 5.30. The molecule has 0 radical (unpaired) electrons. The molecule has 0 aromatic carbocycles. The second-order valence-electron chi connectivity index (χ2n) is 5.44. The number of nitrogens with two attached hydrogens (primary N) is 1. The molecule has 1 rings (SSSR count). The van der Waals surface area contributed by atoms with Crippen LogP contribution in [0.15, 0.2) is 0 Å². The van der Waals surface area contributed by atoms with Crippen LogP contribution in [0.25, 0.3) is 0 Å². The van der Waals surface area contributed by atoms with Crippen molar-refractivity contribution < 1.29 is 14.3 Å². The molecule has 6 nitrogen and oxygen atoms in total. The molecule has 0 aliphatic carbocycles. The van der Waals surface area contributed by atoms with Gasteiger partial charge in [0.1, 0.15) is 0 Å². The Morgan fingerprint density at radius 3 is 2.40 bits per heavy atom. The zero-order chi connectivity index (χ0) is 15.4. The van der Waals surface area contributed by atoms with E-state index in [2.05, 4.69) is 18.9 Å². The minimum absolute atomic E-state index is 0.105. The Morgan fingerprint density at radius 2 is 1.90 bits per heavy atom. The van der Waals surface area contributed by atoms with Crippen molar-refractivity contribution in [2.45, 2.75) is 53.7 Å². The standard InChI is InChI=1S/C14H23N3O3/c1-8(2)7-17-10(4)12(9(3)16-17)6-13(18)20-11(5)14(15)19/h8,11H,6-7H2,1-5H3,(H2,15,19)/t11-/m1/s1. The maximum Gasteiger partial charge on any atom is 0.311 e. The Hall–Kier alpha value is -1.85.